The Hall–Kier alpha value is -0.920. The van der Waals surface area contributed by atoms with Gasteiger partial charge in [-0.2, -0.15) is 0 Å². The molecule has 0 saturated carbocycles. The number of carbonyl (C=O) groups is 1. The van der Waals surface area contributed by atoms with Gasteiger partial charge in [-0.05, 0) is 25.1 Å². The van der Waals surface area contributed by atoms with Gasteiger partial charge in [0.05, 0.1) is 11.5 Å². The summed E-state index contributed by atoms with van der Waals surface area (Å²) in [5, 5.41) is 0. The van der Waals surface area contributed by atoms with Crippen LogP contribution in [0.2, 0.25) is 0 Å². The first-order valence-electron chi connectivity index (χ1n) is 4.84. The average molecular weight is 322 g/mol. The molecule has 5 nitrogen and oxygen atoms in total. The highest BCUT2D eigenvalue weighted by Crippen LogP contribution is 2.17. The molecule has 1 N–H and O–H groups in total. The fraction of sp³-hybridized carbons (Fsp3) is 0.300. The zero-order chi connectivity index (χ0) is 12.9. The summed E-state index contributed by atoms with van der Waals surface area (Å²) in [7, 11) is -3.63. The van der Waals surface area contributed by atoms with Crippen molar-refractivity contribution < 1.29 is 18.0 Å². The van der Waals surface area contributed by atoms with Gasteiger partial charge >= 0.3 is 0 Å². The second-order valence-corrected chi connectivity index (χ2v) is 6.08. The highest BCUT2D eigenvalue weighted by atomic mass is 79.9. The van der Waals surface area contributed by atoms with Crippen molar-refractivity contribution in [3.05, 3.63) is 28.7 Å². The molecule has 0 spiro atoms. The maximum atomic E-state index is 11.8. The van der Waals surface area contributed by atoms with Crippen LogP contribution in [0.1, 0.15) is 6.92 Å². The molecule has 0 aliphatic carbocycles. The first-order chi connectivity index (χ1) is 7.95. The molecule has 0 fully saturated rings. The van der Waals surface area contributed by atoms with Crippen molar-refractivity contribution in [3.8, 4) is 0 Å². The van der Waals surface area contributed by atoms with Crippen LogP contribution < -0.4 is 5.48 Å². The lowest BCUT2D eigenvalue weighted by Crippen LogP contribution is -2.30. The Morgan fingerprint density at radius 2 is 2.18 bits per heavy atom. The lowest BCUT2D eigenvalue weighted by molar-refractivity contribution is -0.130. The van der Waals surface area contributed by atoms with Crippen LogP contribution in [0.5, 0.6) is 0 Å². The maximum absolute atomic E-state index is 11.8. The third-order valence-corrected chi connectivity index (χ3v) is 3.91. The van der Waals surface area contributed by atoms with Crippen LogP contribution in [-0.2, 0) is 19.5 Å². The minimum atomic E-state index is -3.63. The molecule has 17 heavy (non-hydrogen) atoms. The minimum Gasteiger partial charge on any atom is -0.274 e. The van der Waals surface area contributed by atoms with Crippen molar-refractivity contribution in [1.82, 2.24) is 5.48 Å². The standard InChI is InChI=1S/C10H12BrNO4S/c1-2-16-12-10(13)7-17(14,15)9-5-3-4-8(11)6-9/h3-6H,2,7H2,1H3,(H,12,13). The normalized spacial score (nSPS) is 11.2. The molecule has 0 aliphatic heterocycles. The van der Waals surface area contributed by atoms with Gasteiger partial charge in [-0.3, -0.25) is 9.63 Å². The molecule has 7 heteroatoms. The number of halogens is 1. The molecule has 0 heterocycles. The van der Waals surface area contributed by atoms with E-state index < -0.39 is 21.5 Å². The topological polar surface area (TPSA) is 72.5 Å². The Kier molecular flexibility index (Phi) is 5.10. The van der Waals surface area contributed by atoms with E-state index in [0.717, 1.165) is 0 Å². The second kappa shape index (κ2) is 6.13. The molecule has 0 aromatic heterocycles. The van der Waals surface area contributed by atoms with E-state index in [2.05, 4.69) is 20.8 Å². The van der Waals surface area contributed by atoms with Gasteiger partial charge in [-0.15, -0.1) is 0 Å². The van der Waals surface area contributed by atoms with Gasteiger partial charge in [-0.25, -0.2) is 13.9 Å². The fourth-order valence-corrected chi connectivity index (χ4v) is 2.81. The second-order valence-electron chi connectivity index (χ2n) is 3.17. The van der Waals surface area contributed by atoms with E-state index in [1.54, 1.807) is 19.1 Å². The van der Waals surface area contributed by atoms with Gasteiger partial charge in [0.25, 0.3) is 5.91 Å². The number of hydrogen-bond acceptors (Lipinski definition) is 4. The molecule has 0 aliphatic rings. The fourth-order valence-electron chi connectivity index (χ4n) is 1.10. The van der Waals surface area contributed by atoms with Crippen LogP contribution in [0.15, 0.2) is 33.6 Å². The number of nitrogens with one attached hydrogen (secondary N) is 1. The molecule has 0 unspecified atom stereocenters. The average Bonchev–Trinajstić information content (AvgIpc) is 2.26. The van der Waals surface area contributed by atoms with Crippen molar-refractivity contribution in [2.45, 2.75) is 11.8 Å². The molecule has 1 amide bonds. The molecule has 0 saturated heterocycles. The largest absolute Gasteiger partial charge is 0.274 e. The van der Waals surface area contributed by atoms with Crippen LogP contribution in [0.4, 0.5) is 0 Å². The Bertz CT molecular complexity index is 501. The van der Waals surface area contributed by atoms with Gasteiger partial charge in [0.1, 0.15) is 5.75 Å². The third-order valence-electron chi connectivity index (χ3n) is 1.81. The minimum absolute atomic E-state index is 0.0959. The van der Waals surface area contributed by atoms with E-state index in [-0.39, 0.29) is 11.5 Å². The Balaban J connectivity index is 2.79. The molecule has 0 atom stereocenters. The Labute approximate surface area is 108 Å². The van der Waals surface area contributed by atoms with Crippen molar-refractivity contribution in [1.29, 1.82) is 0 Å². The summed E-state index contributed by atoms with van der Waals surface area (Å²) in [5.74, 6) is -1.32. The summed E-state index contributed by atoms with van der Waals surface area (Å²) in [4.78, 5) is 16.0. The Morgan fingerprint density at radius 1 is 1.47 bits per heavy atom. The smallest absolute Gasteiger partial charge is 0.259 e. The van der Waals surface area contributed by atoms with Crippen molar-refractivity contribution in [2.75, 3.05) is 12.4 Å². The highest BCUT2D eigenvalue weighted by Gasteiger charge is 2.19. The summed E-state index contributed by atoms with van der Waals surface area (Å²) < 4.78 is 24.3. The highest BCUT2D eigenvalue weighted by molar-refractivity contribution is 9.10. The number of hydrogen-bond donors (Lipinski definition) is 1. The number of hydroxylamine groups is 1. The monoisotopic (exact) mass is 321 g/mol. The number of sulfone groups is 1. The number of benzene rings is 1. The number of amides is 1. The number of rotatable bonds is 5. The van der Waals surface area contributed by atoms with Crippen molar-refractivity contribution in [3.63, 3.8) is 0 Å². The van der Waals surface area contributed by atoms with Crippen LogP contribution in [0, 0.1) is 0 Å². The summed E-state index contributed by atoms with van der Waals surface area (Å²) in [6.07, 6.45) is 0. The molecule has 94 valence electrons. The lowest BCUT2D eigenvalue weighted by Gasteiger charge is -2.05. The molecular formula is C10H12BrNO4S. The summed E-state index contributed by atoms with van der Waals surface area (Å²) in [6, 6.07) is 6.19. The molecule has 1 aromatic carbocycles. The van der Waals surface area contributed by atoms with E-state index in [0.29, 0.717) is 4.47 Å². The van der Waals surface area contributed by atoms with E-state index in [1.807, 2.05) is 5.48 Å². The quantitative estimate of drug-likeness (QED) is 0.829. The molecule has 0 bridgehead atoms. The SMILES string of the molecule is CCONC(=O)CS(=O)(=O)c1cccc(Br)c1. The summed E-state index contributed by atoms with van der Waals surface area (Å²) in [6.45, 7) is 1.96. The molecule has 0 radical (unpaired) electrons. The summed E-state index contributed by atoms with van der Waals surface area (Å²) in [5.41, 5.74) is 2.04. The van der Waals surface area contributed by atoms with Crippen molar-refractivity contribution in [2.24, 2.45) is 0 Å². The van der Waals surface area contributed by atoms with Crippen LogP contribution in [0.25, 0.3) is 0 Å². The first-order valence-corrected chi connectivity index (χ1v) is 7.29. The zero-order valence-electron chi connectivity index (χ0n) is 9.14. The first kappa shape index (κ1) is 14.1. The third kappa shape index (κ3) is 4.45. The van der Waals surface area contributed by atoms with E-state index in [1.165, 1.54) is 12.1 Å². The predicted molar refractivity (Wildman–Crippen MR) is 66.0 cm³/mol. The van der Waals surface area contributed by atoms with E-state index in [9.17, 15) is 13.2 Å². The van der Waals surface area contributed by atoms with Gasteiger partial charge in [0, 0.05) is 4.47 Å². The van der Waals surface area contributed by atoms with Crippen LogP contribution in [-0.4, -0.2) is 26.7 Å². The summed E-state index contributed by atoms with van der Waals surface area (Å²) >= 11 is 3.17. The van der Waals surface area contributed by atoms with Gasteiger partial charge in [0.15, 0.2) is 9.84 Å². The molecular weight excluding hydrogens is 310 g/mol. The van der Waals surface area contributed by atoms with Gasteiger partial charge in [0.2, 0.25) is 0 Å². The van der Waals surface area contributed by atoms with Crippen LogP contribution >= 0.6 is 15.9 Å². The molecule has 1 aromatic rings. The van der Waals surface area contributed by atoms with Gasteiger partial charge < -0.3 is 0 Å². The molecule has 1 rings (SSSR count). The van der Waals surface area contributed by atoms with Crippen LogP contribution in [0.3, 0.4) is 0 Å². The Morgan fingerprint density at radius 3 is 2.76 bits per heavy atom. The zero-order valence-corrected chi connectivity index (χ0v) is 11.5. The number of carbonyl (C=O) groups excluding carboxylic acids is 1. The maximum Gasteiger partial charge on any atom is 0.259 e. The van der Waals surface area contributed by atoms with Crippen molar-refractivity contribution >= 4 is 31.7 Å². The predicted octanol–water partition coefficient (Wildman–Crippen LogP) is 1.29. The lowest BCUT2D eigenvalue weighted by atomic mass is 10.4. The van der Waals surface area contributed by atoms with E-state index in [4.69, 9.17) is 0 Å². The van der Waals surface area contributed by atoms with E-state index >= 15 is 0 Å². The van der Waals surface area contributed by atoms with Gasteiger partial charge in [-0.1, -0.05) is 22.0 Å².